The number of hydrogen-bond donors (Lipinski definition) is 8. The quantitative estimate of drug-likeness (QED) is 0.229. The number of phenols is 4. The van der Waals surface area contributed by atoms with Crippen LogP contribution in [0.15, 0.2) is 39.5 Å². The Kier molecular flexibility index (Phi) is 5.78. The molecule has 2 heterocycles. The highest BCUT2D eigenvalue weighted by molar-refractivity contribution is 5.89. The second kappa shape index (κ2) is 8.42. The summed E-state index contributed by atoms with van der Waals surface area (Å²) in [5.74, 6) is -3.11. The van der Waals surface area contributed by atoms with Crippen LogP contribution in [0.1, 0.15) is 0 Å². The summed E-state index contributed by atoms with van der Waals surface area (Å²) in [5, 5.41) is 78.8. The van der Waals surface area contributed by atoms with Crippen molar-refractivity contribution in [3.63, 3.8) is 0 Å². The van der Waals surface area contributed by atoms with Gasteiger partial charge in [-0.3, -0.25) is 4.79 Å². The monoisotopic (exact) mass is 464 g/mol. The molecule has 0 spiro atoms. The van der Waals surface area contributed by atoms with Gasteiger partial charge in [0.1, 0.15) is 41.1 Å². The van der Waals surface area contributed by atoms with Crippen LogP contribution in [0.4, 0.5) is 0 Å². The van der Waals surface area contributed by atoms with Crippen molar-refractivity contribution < 1.29 is 54.7 Å². The molecule has 0 aliphatic carbocycles. The van der Waals surface area contributed by atoms with E-state index in [1.165, 1.54) is 12.1 Å². The highest BCUT2D eigenvalue weighted by atomic mass is 16.7. The predicted octanol–water partition coefficient (Wildman–Crippen LogP) is -0.539. The van der Waals surface area contributed by atoms with E-state index < -0.39 is 65.7 Å². The third-order valence-electron chi connectivity index (χ3n) is 5.27. The number of aromatic hydroxyl groups is 4. The first-order valence-corrected chi connectivity index (χ1v) is 9.64. The van der Waals surface area contributed by atoms with E-state index in [0.717, 1.165) is 18.2 Å². The Morgan fingerprint density at radius 1 is 0.879 bits per heavy atom. The van der Waals surface area contributed by atoms with Gasteiger partial charge in [0.05, 0.1) is 6.61 Å². The summed E-state index contributed by atoms with van der Waals surface area (Å²) in [6.45, 7) is -0.723. The topological polar surface area (TPSA) is 211 Å². The molecule has 33 heavy (non-hydrogen) atoms. The van der Waals surface area contributed by atoms with E-state index >= 15 is 0 Å². The second-order valence-corrected chi connectivity index (χ2v) is 7.44. The van der Waals surface area contributed by atoms with Crippen LogP contribution < -0.4 is 10.2 Å². The molecular formula is C21H20O12. The van der Waals surface area contributed by atoms with Crippen LogP contribution in [-0.4, -0.2) is 78.2 Å². The van der Waals surface area contributed by atoms with Crippen molar-refractivity contribution in [1.82, 2.24) is 0 Å². The molecule has 1 aliphatic rings. The minimum Gasteiger partial charge on any atom is -0.504 e. The van der Waals surface area contributed by atoms with Crippen molar-refractivity contribution in [2.45, 2.75) is 30.7 Å². The molecule has 1 saturated heterocycles. The molecule has 1 fully saturated rings. The van der Waals surface area contributed by atoms with Crippen LogP contribution in [-0.2, 0) is 4.74 Å². The van der Waals surface area contributed by atoms with Gasteiger partial charge in [0.25, 0.3) is 0 Å². The maximum atomic E-state index is 12.7. The number of phenolic OH excluding ortho intramolecular Hbond substituents is 4. The van der Waals surface area contributed by atoms with Gasteiger partial charge in [-0.15, -0.1) is 0 Å². The molecule has 5 atom stereocenters. The second-order valence-electron chi connectivity index (χ2n) is 7.44. The smallest absolute Gasteiger partial charge is 0.229 e. The number of benzene rings is 2. The minimum atomic E-state index is -1.82. The molecule has 3 aromatic rings. The summed E-state index contributed by atoms with van der Waals surface area (Å²) in [6.07, 6.45) is -8.25. The lowest BCUT2D eigenvalue weighted by molar-refractivity contribution is -0.277. The van der Waals surface area contributed by atoms with Crippen LogP contribution in [0.25, 0.3) is 22.3 Å². The Hall–Kier alpha value is -3.55. The number of rotatable bonds is 4. The summed E-state index contributed by atoms with van der Waals surface area (Å²) in [7, 11) is 0. The van der Waals surface area contributed by atoms with Gasteiger partial charge in [-0.1, -0.05) is 0 Å². The van der Waals surface area contributed by atoms with Crippen LogP contribution in [0, 0.1) is 0 Å². The Labute approximate surface area is 184 Å². The van der Waals surface area contributed by atoms with Crippen molar-refractivity contribution >= 4 is 11.0 Å². The fourth-order valence-electron chi connectivity index (χ4n) is 3.49. The Morgan fingerprint density at radius 2 is 1.61 bits per heavy atom. The van der Waals surface area contributed by atoms with Crippen molar-refractivity contribution in [1.29, 1.82) is 0 Å². The van der Waals surface area contributed by atoms with Gasteiger partial charge >= 0.3 is 0 Å². The molecule has 0 amide bonds. The van der Waals surface area contributed by atoms with E-state index in [9.17, 15) is 45.6 Å². The van der Waals surface area contributed by atoms with Crippen molar-refractivity contribution in [2.24, 2.45) is 0 Å². The highest BCUT2D eigenvalue weighted by Crippen LogP contribution is 2.43. The average Bonchev–Trinajstić information content (AvgIpc) is 2.77. The lowest BCUT2D eigenvalue weighted by atomic mass is 9.99. The maximum absolute atomic E-state index is 12.7. The van der Waals surface area contributed by atoms with Gasteiger partial charge in [0.15, 0.2) is 28.4 Å². The fraction of sp³-hybridized carbons (Fsp3) is 0.286. The standard InChI is InChI=1S/C21H20O12/c22-6-14-16(27)18(29)19(30)21(32-14)33-20-11(26)5-13-15(17(20)28)10(25)4-12(31-13)7-1-2-8(23)9(24)3-7/h1-5,14,16,18-19,21-24,26-30H,6H2/t14-,16+,18+,19+,21+/m0/s1. The molecule has 1 aromatic heterocycles. The largest absolute Gasteiger partial charge is 0.504 e. The molecule has 1 aliphatic heterocycles. The first kappa shape index (κ1) is 22.6. The SMILES string of the molecule is O=c1cc(-c2ccc(O)c(O)c2)oc2cc(O)c(O[C@H]3O[C@@H](CO)[C@@H](O)[C@@H](O)[C@H]3O)c(O)c12. The molecule has 0 saturated carbocycles. The molecule has 0 bridgehead atoms. The van der Waals surface area contributed by atoms with Crippen molar-refractivity contribution in [2.75, 3.05) is 6.61 Å². The Bertz CT molecular complexity index is 1250. The van der Waals surface area contributed by atoms with E-state index in [-0.39, 0.29) is 28.0 Å². The molecule has 2 aromatic carbocycles. The number of aliphatic hydroxyl groups excluding tert-OH is 4. The first-order valence-electron chi connectivity index (χ1n) is 9.64. The number of ether oxygens (including phenoxy) is 2. The number of hydrogen-bond acceptors (Lipinski definition) is 12. The van der Waals surface area contributed by atoms with E-state index in [4.69, 9.17) is 13.9 Å². The Balaban J connectivity index is 1.75. The van der Waals surface area contributed by atoms with E-state index in [1.54, 1.807) is 0 Å². The molecular weight excluding hydrogens is 444 g/mol. The molecule has 0 radical (unpaired) electrons. The van der Waals surface area contributed by atoms with E-state index in [0.29, 0.717) is 0 Å². The summed E-state index contributed by atoms with van der Waals surface area (Å²) < 4.78 is 16.0. The summed E-state index contributed by atoms with van der Waals surface area (Å²) in [6, 6.07) is 5.66. The lowest BCUT2D eigenvalue weighted by Crippen LogP contribution is -2.60. The zero-order valence-electron chi connectivity index (χ0n) is 16.7. The minimum absolute atomic E-state index is 0.0378. The summed E-state index contributed by atoms with van der Waals surface area (Å²) >= 11 is 0. The van der Waals surface area contributed by atoms with E-state index in [2.05, 4.69) is 0 Å². The maximum Gasteiger partial charge on any atom is 0.229 e. The lowest BCUT2D eigenvalue weighted by Gasteiger charge is -2.39. The molecule has 12 heteroatoms. The van der Waals surface area contributed by atoms with Crippen molar-refractivity contribution in [3.8, 4) is 40.1 Å². The first-order chi connectivity index (χ1) is 15.6. The zero-order chi connectivity index (χ0) is 24.0. The zero-order valence-corrected chi connectivity index (χ0v) is 16.7. The molecule has 4 rings (SSSR count). The van der Waals surface area contributed by atoms with Gasteiger partial charge in [0, 0.05) is 17.7 Å². The van der Waals surface area contributed by atoms with Gasteiger partial charge in [0.2, 0.25) is 12.0 Å². The van der Waals surface area contributed by atoms with Gasteiger partial charge in [-0.05, 0) is 18.2 Å². The van der Waals surface area contributed by atoms with Crippen LogP contribution in [0.3, 0.4) is 0 Å². The van der Waals surface area contributed by atoms with Gasteiger partial charge < -0.3 is 54.7 Å². The molecule has 8 N–H and O–H groups in total. The summed E-state index contributed by atoms with van der Waals surface area (Å²) in [5.41, 5.74) is -0.777. The van der Waals surface area contributed by atoms with Crippen LogP contribution in [0.2, 0.25) is 0 Å². The Morgan fingerprint density at radius 3 is 2.27 bits per heavy atom. The van der Waals surface area contributed by atoms with E-state index in [1.807, 2.05) is 0 Å². The molecule has 0 unspecified atom stereocenters. The molecule has 12 nitrogen and oxygen atoms in total. The summed E-state index contributed by atoms with van der Waals surface area (Å²) in [4.78, 5) is 12.7. The third-order valence-corrected chi connectivity index (χ3v) is 5.27. The molecule has 176 valence electrons. The third kappa shape index (κ3) is 3.90. The van der Waals surface area contributed by atoms with Crippen molar-refractivity contribution in [3.05, 3.63) is 40.6 Å². The normalized spacial score (nSPS) is 25.3. The highest BCUT2D eigenvalue weighted by Gasteiger charge is 2.45. The fourth-order valence-corrected chi connectivity index (χ4v) is 3.49. The predicted molar refractivity (Wildman–Crippen MR) is 109 cm³/mol. The van der Waals surface area contributed by atoms with Gasteiger partial charge in [-0.25, -0.2) is 0 Å². The van der Waals surface area contributed by atoms with Gasteiger partial charge in [-0.2, -0.15) is 0 Å². The average molecular weight is 464 g/mol. The van der Waals surface area contributed by atoms with Crippen LogP contribution in [0.5, 0.6) is 28.7 Å². The number of fused-ring (bicyclic) bond motifs is 1. The number of aliphatic hydroxyl groups is 4. The van der Waals surface area contributed by atoms with Crippen LogP contribution >= 0.6 is 0 Å².